The van der Waals surface area contributed by atoms with E-state index in [1.165, 1.54) is 29.5 Å². The van der Waals surface area contributed by atoms with Crippen LogP contribution in [0.3, 0.4) is 0 Å². The smallest absolute Gasteiger partial charge is 0.252 e. The zero-order valence-electron chi connectivity index (χ0n) is 18.4. The van der Waals surface area contributed by atoms with Crippen molar-refractivity contribution in [1.82, 2.24) is 4.31 Å². The van der Waals surface area contributed by atoms with Crippen LogP contribution in [0.2, 0.25) is 10.0 Å². The average molecular weight is 537 g/mol. The Bertz CT molecular complexity index is 1320. The lowest BCUT2D eigenvalue weighted by Crippen LogP contribution is -2.45. The molecular weight excluding hydrogens is 515 g/mol. The largest absolute Gasteiger partial charge is 0.274 e. The Morgan fingerprint density at radius 2 is 1.79 bits per heavy atom. The highest BCUT2D eigenvalue weighted by Gasteiger charge is 2.47. The van der Waals surface area contributed by atoms with Gasteiger partial charge in [-0.3, -0.25) is 9.59 Å². The summed E-state index contributed by atoms with van der Waals surface area (Å²) in [6.45, 7) is 4.02. The van der Waals surface area contributed by atoms with E-state index in [0.717, 1.165) is 19.6 Å². The number of sulfonamides is 1. The maximum absolute atomic E-state index is 13.7. The van der Waals surface area contributed by atoms with Gasteiger partial charge in [-0.1, -0.05) is 55.2 Å². The van der Waals surface area contributed by atoms with Crippen LogP contribution < -0.4 is 4.90 Å². The number of halogens is 2. The number of carbonyl (C=O) groups excluding carboxylic acids is 2. The third kappa shape index (κ3) is 4.78. The second-order valence-electron chi connectivity index (χ2n) is 8.24. The van der Waals surface area contributed by atoms with Gasteiger partial charge in [0.05, 0.1) is 17.1 Å². The predicted molar refractivity (Wildman–Crippen MR) is 135 cm³/mol. The van der Waals surface area contributed by atoms with E-state index in [4.69, 9.17) is 23.2 Å². The molecule has 0 saturated carbocycles. The maximum Gasteiger partial charge on any atom is 0.252 e. The number of benzene rings is 2. The summed E-state index contributed by atoms with van der Waals surface area (Å²) in [5.41, 5.74) is 1.48. The summed E-state index contributed by atoms with van der Waals surface area (Å²) in [4.78, 5) is 28.0. The second-order valence-corrected chi connectivity index (χ2v) is 12.0. The van der Waals surface area contributed by atoms with Crippen molar-refractivity contribution in [3.05, 3.63) is 80.5 Å². The van der Waals surface area contributed by atoms with Crippen LogP contribution in [0.1, 0.15) is 36.6 Å². The fourth-order valence-corrected chi connectivity index (χ4v) is 6.92. The lowest BCUT2D eigenvalue weighted by atomic mass is 10.0. The first-order chi connectivity index (χ1) is 16.1. The van der Waals surface area contributed by atoms with Crippen molar-refractivity contribution in [3.63, 3.8) is 0 Å². The van der Waals surface area contributed by atoms with E-state index in [9.17, 15) is 18.0 Å². The Morgan fingerprint density at radius 1 is 1.09 bits per heavy atom. The summed E-state index contributed by atoms with van der Waals surface area (Å²) in [6.07, 6.45) is -0.270. The van der Waals surface area contributed by atoms with E-state index in [2.05, 4.69) is 0 Å². The molecule has 3 aromatic rings. The molecular formula is C24H22Cl2N2O4S2. The predicted octanol–water partition coefficient (Wildman–Crippen LogP) is 5.70. The van der Waals surface area contributed by atoms with Crippen LogP contribution in [0.15, 0.2) is 64.9 Å². The molecule has 1 atom stereocenters. The normalized spacial score (nSPS) is 16.8. The van der Waals surface area contributed by atoms with Crippen molar-refractivity contribution in [2.24, 2.45) is 0 Å². The van der Waals surface area contributed by atoms with Crippen molar-refractivity contribution in [2.75, 3.05) is 4.90 Å². The topological polar surface area (TPSA) is 74.8 Å². The minimum atomic E-state index is -4.27. The quantitative estimate of drug-likeness (QED) is 0.363. The third-order valence-corrected chi connectivity index (χ3v) is 9.09. The number of rotatable bonds is 7. The van der Waals surface area contributed by atoms with Crippen LogP contribution in [0.5, 0.6) is 0 Å². The molecule has 2 heterocycles. The molecule has 1 fully saturated rings. The number of thiophene rings is 1. The van der Waals surface area contributed by atoms with E-state index < -0.39 is 27.9 Å². The summed E-state index contributed by atoms with van der Waals surface area (Å²) in [5, 5.41) is 2.00. The summed E-state index contributed by atoms with van der Waals surface area (Å²) < 4.78 is 28.5. The molecule has 1 aliphatic rings. The fourth-order valence-electron chi connectivity index (χ4n) is 3.84. The number of nitrogens with zero attached hydrogens (tertiary/aromatic N) is 2. The minimum Gasteiger partial charge on any atom is -0.274 e. The first-order valence-corrected chi connectivity index (χ1v) is 13.6. The Balaban J connectivity index is 1.74. The highest BCUT2D eigenvalue weighted by atomic mass is 35.5. The molecule has 0 bridgehead atoms. The lowest BCUT2D eigenvalue weighted by Gasteiger charge is -2.27. The number of imide groups is 1. The van der Waals surface area contributed by atoms with Gasteiger partial charge in [-0.2, -0.15) is 4.31 Å². The van der Waals surface area contributed by atoms with Gasteiger partial charge in [0, 0.05) is 16.4 Å². The van der Waals surface area contributed by atoms with Crippen molar-refractivity contribution in [2.45, 2.75) is 43.7 Å². The Morgan fingerprint density at radius 3 is 2.41 bits per heavy atom. The summed E-state index contributed by atoms with van der Waals surface area (Å²) in [5.74, 6) is -0.767. The van der Waals surface area contributed by atoms with E-state index in [1.807, 2.05) is 31.4 Å². The van der Waals surface area contributed by atoms with Crippen LogP contribution in [-0.2, 0) is 26.2 Å². The maximum atomic E-state index is 13.7. The Labute approximate surface area is 212 Å². The van der Waals surface area contributed by atoms with Crippen molar-refractivity contribution < 1.29 is 18.0 Å². The van der Waals surface area contributed by atoms with Gasteiger partial charge in [0.25, 0.3) is 5.91 Å². The van der Waals surface area contributed by atoms with Gasteiger partial charge in [-0.05, 0) is 53.3 Å². The number of amides is 2. The summed E-state index contributed by atoms with van der Waals surface area (Å²) in [7, 11) is -4.27. The van der Waals surface area contributed by atoms with Crippen LogP contribution in [0.4, 0.5) is 5.69 Å². The van der Waals surface area contributed by atoms with E-state index in [0.29, 0.717) is 11.6 Å². The molecule has 178 valence electrons. The van der Waals surface area contributed by atoms with Crippen LogP contribution in [-0.4, -0.2) is 30.6 Å². The monoisotopic (exact) mass is 536 g/mol. The number of hydrogen-bond donors (Lipinski definition) is 0. The minimum absolute atomic E-state index is 0.0153. The average Bonchev–Trinajstić information content (AvgIpc) is 3.41. The molecule has 2 aromatic carbocycles. The van der Waals surface area contributed by atoms with E-state index in [-0.39, 0.29) is 27.9 Å². The lowest BCUT2D eigenvalue weighted by molar-refractivity contribution is -0.122. The molecule has 0 aliphatic carbocycles. The molecule has 6 nitrogen and oxygen atoms in total. The van der Waals surface area contributed by atoms with E-state index >= 15 is 0 Å². The summed E-state index contributed by atoms with van der Waals surface area (Å²) >= 11 is 13.6. The van der Waals surface area contributed by atoms with Gasteiger partial charge < -0.3 is 0 Å². The third-order valence-electron chi connectivity index (χ3n) is 5.66. The zero-order chi connectivity index (χ0) is 24.6. The molecule has 2 amide bonds. The molecule has 0 N–H and O–H groups in total. The standard InChI is InChI=1S/C24H22Cl2N2O4S2/c1-15(2)16-5-8-18(9-6-16)28-23(29)13-21(24(28)30)27(14-19-4-3-11-33-19)34(31,32)22-12-17(25)7-10-20(22)26/h3-12,15,21H,13-14H2,1-2H3. The van der Waals surface area contributed by atoms with Gasteiger partial charge in [0.15, 0.2) is 0 Å². The number of hydrogen-bond acceptors (Lipinski definition) is 5. The number of anilines is 1. The molecule has 0 spiro atoms. The van der Waals surface area contributed by atoms with Gasteiger partial charge in [-0.25, -0.2) is 13.3 Å². The fraction of sp³-hybridized carbons (Fsp3) is 0.250. The van der Waals surface area contributed by atoms with Crippen LogP contribution in [0, 0.1) is 0 Å². The highest BCUT2D eigenvalue weighted by molar-refractivity contribution is 7.89. The van der Waals surface area contributed by atoms with E-state index in [1.54, 1.807) is 24.3 Å². The second kappa shape index (κ2) is 9.79. The Kier molecular flexibility index (Phi) is 7.17. The van der Waals surface area contributed by atoms with Gasteiger partial charge in [0.2, 0.25) is 15.9 Å². The molecule has 1 saturated heterocycles. The van der Waals surface area contributed by atoms with Crippen molar-refractivity contribution >= 4 is 62.1 Å². The molecule has 0 radical (unpaired) electrons. The van der Waals surface area contributed by atoms with Crippen molar-refractivity contribution in [3.8, 4) is 0 Å². The van der Waals surface area contributed by atoms with Crippen molar-refractivity contribution in [1.29, 1.82) is 0 Å². The molecule has 1 aromatic heterocycles. The number of carbonyl (C=O) groups is 2. The molecule has 1 unspecified atom stereocenters. The van der Waals surface area contributed by atoms with Crippen LogP contribution in [0.25, 0.3) is 0 Å². The first kappa shape index (κ1) is 24.9. The highest BCUT2D eigenvalue weighted by Crippen LogP contribution is 2.34. The van der Waals surface area contributed by atoms with Crippen LogP contribution >= 0.6 is 34.5 Å². The molecule has 10 heteroatoms. The SMILES string of the molecule is CC(C)c1ccc(N2C(=O)CC(N(Cc3cccs3)S(=O)(=O)c3cc(Cl)ccc3Cl)C2=O)cc1. The zero-order valence-corrected chi connectivity index (χ0v) is 21.6. The molecule has 34 heavy (non-hydrogen) atoms. The van der Waals surface area contributed by atoms with Gasteiger partial charge in [-0.15, -0.1) is 11.3 Å². The van der Waals surface area contributed by atoms with Gasteiger partial charge in [0.1, 0.15) is 10.9 Å². The molecule has 4 rings (SSSR count). The Hall–Kier alpha value is -2.23. The first-order valence-electron chi connectivity index (χ1n) is 10.6. The summed E-state index contributed by atoms with van der Waals surface area (Å²) in [6, 6.07) is 13.6. The van der Waals surface area contributed by atoms with Gasteiger partial charge >= 0.3 is 0 Å². The molecule has 1 aliphatic heterocycles.